The van der Waals surface area contributed by atoms with Crippen molar-refractivity contribution in [3.63, 3.8) is 0 Å². The van der Waals surface area contributed by atoms with E-state index in [9.17, 15) is 4.79 Å². The number of carbonyl (C=O) groups excluding carboxylic acids is 1. The number of hydrogen-bond donors (Lipinski definition) is 1. The molecule has 2 aromatic rings. The largest absolute Gasteiger partial charge is 0.356 e. The van der Waals surface area contributed by atoms with Gasteiger partial charge in [-0.05, 0) is 50.3 Å². The molecule has 1 N–H and O–H groups in total. The lowest BCUT2D eigenvalue weighted by Crippen LogP contribution is -2.36. The Bertz CT molecular complexity index is 748. The van der Waals surface area contributed by atoms with E-state index in [-0.39, 0.29) is 5.91 Å². The number of amides is 1. The Morgan fingerprint density at radius 3 is 2.56 bits per heavy atom. The molecule has 1 aromatic carbocycles. The minimum atomic E-state index is 0.0299. The molecule has 25 heavy (non-hydrogen) atoms. The molecule has 5 heteroatoms. The fraction of sp³-hybridized carbons (Fsp3) is 0.550. The first-order valence-electron chi connectivity index (χ1n) is 9.62. The highest BCUT2D eigenvalue weighted by Crippen LogP contribution is 2.27. The van der Waals surface area contributed by atoms with Gasteiger partial charge >= 0.3 is 0 Å². The molecule has 1 aromatic heterocycles. The quantitative estimate of drug-likeness (QED) is 0.927. The zero-order valence-corrected chi connectivity index (χ0v) is 14.7. The van der Waals surface area contributed by atoms with Crippen molar-refractivity contribution in [3.05, 3.63) is 30.1 Å². The number of nitrogens with one attached hydrogen (secondary N) is 1. The molecular weight excluding hydrogens is 312 g/mol. The first kappa shape index (κ1) is 16.3. The maximum absolute atomic E-state index is 12.7. The van der Waals surface area contributed by atoms with Gasteiger partial charge in [0.25, 0.3) is 5.91 Å². The van der Waals surface area contributed by atoms with Gasteiger partial charge in [0.2, 0.25) is 0 Å². The van der Waals surface area contributed by atoms with Gasteiger partial charge in [-0.3, -0.25) is 4.79 Å². The Labute approximate surface area is 148 Å². The molecular formula is C20H26N4O. The van der Waals surface area contributed by atoms with Crippen LogP contribution < -0.4 is 10.2 Å². The summed E-state index contributed by atoms with van der Waals surface area (Å²) < 4.78 is 0. The lowest BCUT2D eigenvalue weighted by Gasteiger charge is -2.28. The highest BCUT2D eigenvalue weighted by atomic mass is 16.1. The van der Waals surface area contributed by atoms with Crippen LogP contribution in [-0.4, -0.2) is 35.0 Å². The maximum Gasteiger partial charge on any atom is 0.251 e. The number of hydrogen-bond acceptors (Lipinski definition) is 4. The summed E-state index contributed by atoms with van der Waals surface area (Å²) >= 11 is 0. The van der Waals surface area contributed by atoms with Gasteiger partial charge in [-0.15, -0.1) is 0 Å². The Kier molecular flexibility index (Phi) is 4.81. The molecule has 0 atom stereocenters. The SMILES string of the molecule is O=C(NC1CCCCC1)c1ccc2ncnc(N3CCCCC3)c2c1. The molecule has 2 heterocycles. The van der Waals surface area contributed by atoms with Crippen LogP contribution in [0.5, 0.6) is 0 Å². The number of piperidine rings is 1. The Morgan fingerprint density at radius 1 is 1.00 bits per heavy atom. The average molecular weight is 338 g/mol. The normalized spacial score (nSPS) is 19.1. The molecule has 0 unspecified atom stereocenters. The molecule has 1 saturated carbocycles. The molecule has 0 spiro atoms. The molecule has 132 valence electrons. The van der Waals surface area contributed by atoms with Crippen LogP contribution in [0.15, 0.2) is 24.5 Å². The first-order valence-corrected chi connectivity index (χ1v) is 9.62. The van der Waals surface area contributed by atoms with Gasteiger partial charge in [0, 0.05) is 30.1 Å². The number of nitrogens with zero attached hydrogens (tertiary/aromatic N) is 3. The van der Waals surface area contributed by atoms with E-state index >= 15 is 0 Å². The van der Waals surface area contributed by atoms with Crippen LogP contribution in [0.2, 0.25) is 0 Å². The van der Waals surface area contributed by atoms with Gasteiger partial charge in [-0.1, -0.05) is 19.3 Å². The summed E-state index contributed by atoms with van der Waals surface area (Å²) in [6.45, 7) is 2.06. The van der Waals surface area contributed by atoms with Gasteiger partial charge in [-0.2, -0.15) is 0 Å². The van der Waals surface area contributed by atoms with E-state index in [0.717, 1.165) is 42.7 Å². The summed E-state index contributed by atoms with van der Waals surface area (Å²) in [6, 6.07) is 6.12. The smallest absolute Gasteiger partial charge is 0.251 e. The van der Waals surface area contributed by atoms with Crippen molar-refractivity contribution >= 4 is 22.6 Å². The van der Waals surface area contributed by atoms with E-state index in [1.165, 1.54) is 38.5 Å². The van der Waals surface area contributed by atoms with Gasteiger partial charge in [0.1, 0.15) is 12.1 Å². The van der Waals surface area contributed by atoms with Crippen LogP contribution in [0.3, 0.4) is 0 Å². The topological polar surface area (TPSA) is 58.1 Å². The molecule has 1 amide bonds. The first-order chi connectivity index (χ1) is 12.3. The molecule has 2 aliphatic rings. The van der Waals surface area contributed by atoms with Crippen LogP contribution >= 0.6 is 0 Å². The second-order valence-corrected chi connectivity index (χ2v) is 7.29. The minimum absolute atomic E-state index is 0.0299. The van der Waals surface area contributed by atoms with Crippen molar-refractivity contribution in [1.82, 2.24) is 15.3 Å². The highest BCUT2D eigenvalue weighted by molar-refractivity contribution is 6.00. The number of fused-ring (bicyclic) bond motifs is 1. The summed E-state index contributed by atoms with van der Waals surface area (Å²) in [4.78, 5) is 23.9. The lowest BCUT2D eigenvalue weighted by molar-refractivity contribution is 0.0928. The highest BCUT2D eigenvalue weighted by Gasteiger charge is 2.19. The number of aromatic nitrogens is 2. The third kappa shape index (κ3) is 3.60. The van der Waals surface area contributed by atoms with Crippen LogP contribution in [0.4, 0.5) is 5.82 Å². The fourth-order valence-corrected chi connectivity index (χ4v) is 4.06. The Hall–Kier alpha value is -2.17. The summed E-state index contributed by atoms with van der Waals surface area (Å²) in [5, 5.41) is 4.19. The van der Waals surface area contributed by atoms with Crippen molar-refractivity contribution in [2.24, 2.45) is 0 Å². The third-order valence-corrected chi connectivity index (χ3v) is 5.47. The zero-order valence-electron chi connectivity index (χ0n) is 14.7. The molecule has 2 fully saturated rings. The van der Waals surface area contributed by atoms with Gasteiger partial charge in [-0.25, -0.2) is 9.97 Å². The zero-order chi connectivity index (χ0) is 17.1. The van der Waals surface area contributed by atoms with Crippen molar-refractivity contribution in [2.45, 2.75) is 57.4 Å². The maximum atomic E-state index is 12.7. The van der Waals surface area contributed by atoms with Crippen LogP contribution in [0, 0.1) is 0 Å². The van der Waals surface area contributed by atoms with Crippen molar-refractivity contribution in [2.75, 3.05) is 18.0 Å². The number of rotatable bonds is 3. The second-order valence-electron chi connectivity index (χ2n) is 7.29. The van der Waals surface area contributed by atoms with E-state index in [1.807, 2.05) is 18.2 Å². The summed E-state index contributed by atoms with van der Waals surface area (Å²) in [7, 11) is 0. The summed E-state index contributed by atoms with van der Waals surface area (Å²) in [5.41, 5.74) is 1.62. The third-order valence-electron chi connectivity index (χ3n) is 5.47. The lowest BCUT2D eigenvalue weighted by atomic mass is 9.95. The van der Waals surface area contributed by atoms with Gasteiger partial charge in [0.05, 0.1) is 5.52 Å². The van der Waals surface area contributed by atoms with E-state index in [0.29, 0.717) is 11.6 Å². The van der Waals surface area contributed by atoms with E-state index in [2.05, 4.69) is 20.2 Å². The van der Waals surface area contributed by atoms with Crippen LogP contribution in [0.25, 0.3) is 10.9 Å². The van der Waals surface area contributed by atoms with E-state index < -0.39 is 0 Å². The molecule has 1 saturated heterocycles. The van der Waals surface area contributed by atoms with E-state index in [4.69, 9.17) is 0 Å². The predicted octanol–water partition coefficient (Wildman–Crippen LogP) is 3.68. The monoisotopic (exact) mass is 338 g/mol. The molecule has 4 rings (SSSR count). The molecule has 1 aliphatic heterocycles. The van der Waals surface area contributed by atoms with Crippen molar-refractivity contribution in [3.8, 4) is 0 Å². The minimum Gasteiger partial charge on any atom is -0.356 e. The Balaban J connectivity index is 1.60. The average Bonchev–Trinajstić information content (AvgIpc) is 2.68. The van der Waals surface area contributed by atoms with E-state index in [1.54, 1.807) is 6.33 Å². The molecule has 0 radical (unpaired) electrons. The Morgan fingerprint density at radius 2 is 1.76 bits per heavy atom. The number of benzene rings is 1. The molecule has 1 aliphatic carbocycles. The second kappa shape index (κ2) is 7.38. The molecule has 5 nitrogen and oxygen atoms in total. The van der Waals surface area contributed by atoms with Gasteiger partial charge < -0.3 is 10.2 Å². The summed E-state index contributed by atoms with van der Waals surface area (Å²) in [6.07, 6.45) is 11.2. The van der Waals surface area contributed by atoms with Crippen LogP contribution in [-0.2, 0) is 0 Å². The van der Waals surface area contributed by atoms with Gasteiger partial charge in [0.15, 0.2) is 0 Å². The summed E-state index contributed by atoms with van der Waals surface area (Å²) in [5.74, 6) is 0.999. The number of carbonyl (C=O) groups is 1. The fourth-order valence-electron chi connectivity index (χ4n) is 4.06. The number of anilines is 1. The van der Waals surface area contributed by atoms with Crippen molar-refractivity contribution in [1.29, 1.82) is 0 Å². The predicted molar refractivity (Wildman–Crippen MR) is 99.9 cm³/mol. The standard InChI is InChI=1S/C20H26N4O/c25-20(23-16-7-3-1-4-8-16)15-9-10-18-17(13-15)19(22-14-21-18)24-11-5-2-6-12-24/h9-10,13-14,16H,1-8,11-12H2,(H,23,25). The van der Waals surface area contributed by atoms with Crippen molar-refractivity contribution < 1.29 is 4.79 Å². The molecule has 0 bridgehead atoms. The van der Waals surface area contributed by atoms with Crippen LogP contribution in [0.1, 0.15) is 61.7 Å².